The third-order valence-electron chi connectivity index (χ3n) is 6.55. The van der Waals surface area contributed by atoms with Crippen LogP contribution in [0.5, 0.6) is 0 Å². The summed E-state index contributed by atoms with van der Waals surface area (Å²) in [6, 6.07) is 19.3. The molecule has 0 radical (unpaired) electrons. The lowest BCUT2D eigenvalue weighted by Gasteiger charge is -2.46. The molecule has 2 bridgehead atoms. The van der Waals surface area contributed by atoms with Gasteiger partial charge in [-0.3, -0.25) is 4.72 Å². The van der Waals surface area contributed by atoms with Crippen molar-refractivity contribution in [2.75, 3.05) is 13.6 Å². The topological polar surface area (TPSA) is 41.1 Å². The molecule has 2 saturated carbocycles. The fourth-order valence-electron chi connectivity index (χ4n) is 5.45. The van der Waals surface area contributed by atoms with E-state index in [1.807, 2.05) is 44.2 Å². The lowest BCUT2D eigenvalue weighted by atomic mass is 9.63. The molecular formula is C28H42N2OS. The van der Waals surface area contributed by atoms with E-state index in [2.05, 4.69) is 55.2 Å². The highest BCUT2D eigenvalue weighted by Crippen LogP contribution is 2.44. The van der Waals surface area contributed by atoms with E-state index < -0.39 is 0 Å². The van der Waals surface area contributed by atoms with Crippen LogP contribution in [0.25, 0.3) is 11.1 Å². The summed E-state index contributed by atoms with van der Waals surface area (Å²) in [6.45, 7) is 9.23. The van der Waals surface area contributed by atoms with Crippen LogP contribution < -0.4 is 10.0 Å². The molecule has 2 aromatic rings. The van der Waals surface area contributed by atoms with Crippen LogP contribution in [0.15, 0.2) is 59.5 Å². The highest BCUT2D eigenvalue weighted by Gasteiger charge is 2.38. The Kier molecular flexibility index (Phi) is 12.1. The molecule has 32 heavy (non-hydrogen) atoms. The van der Waals surface area contributed by atoms with Gasteiger partial charge in [0.05, 0.1) is 6.54 Å². The molecule has 0 aliphatic heterocycles. The number of rotatable bonds is 6. The van der Waals surface area contributed by atoms with Crippen LogP contribution in [0, 0.1) is 23.7 Å². The zero-order valence-electron chi connectivity index (χ0n) is 20.5. The van der Waals surface area contributed by atoms with E-state index in [0.717, 1.165) is 40.9 Å². The standard InChI is InChI=1S/C14H13NOS.C12H23N.C2H6/c16-11-10-15-17-14-8-6-13(7-9-14)12-4-2-1-3-5-12;1-8-4-10-6-9(2)12(13-3)11(5-8)7-10;1-2/h1-9,11,15H,10H2;8-13H,4-7H2,1-3H3;1-2H3. The molecule has 176 valence electrons. The Bertz CT molecular complexity index is 761. The maximum atomic E-state index is 10.2. The zero-order chi connectivity index (χ0) is 23.3. The third-order valence-corrected chi connectivity index (χ3v) is 7.37. The van der Waals surface area contributed by atoms with Crippen LogP contribution in [0.4, 0.5) is 0 Å². The summed E-state index contributed by atoms with van der Waals surface area (Å²) in [4.78, 5) is 11.3. The van der Waals surface area contributed by atoms with E-state index in [4.69, 9.17) is 0 Å². The van der Waals surface area contributed by atoms with Crippen molar-refractivity contribution in [2.45, 2.75) is 64.3 Å². The van der Waals surface area contributed by atoms with Gasteiger partial charge in [-0.25, -0.2) is 0 Å². The van der Waals surface area contributed by atoms with Gasteiger partial charge in [0.2, 0.25) is 0 Å². The average Bonchev–Trinajstić information content (AvgIpc) is 2.82. The van der Waals surface area contributed by atoms with Crippen molar-refractivity contribution < 1.29 is 4.79 Å². The summed E-state index contributed by atoms with van der Waals surface area (Å²) in [6.07, 6.45) is 6.78. The average molecular weight is 455 g/mol. The van der Waals surface area contributed by atoms with E-state index in [9.17, 15) is 4.79 Å². The predicted octanol–water partition coefficient (Wildman–Crippen LogP) is 6.84. The molecule has 3 nitrogen and oxygen atoms in total. The summed E-state index contributed by atoms with van der Waals surface area (Å²) in [5, 5.41) is 3.53. The zero-order valence-corrected chi connectivity index (χ0v) is 21.3. The Morgan fingerprint density at radius 3 is 2.19 bits per heavy atom. The maximum absolute atomic E-state index is 10.2. The second kappa shape index (κ2) is 14.5. The Morgan fingerprint density at radius 2 is 1.56 bits per heavy atom. The van der Waals surface area contributed by atoms with Gasteiger partial charge in [0.25, 0.3) is 0 Å². The van der Waals surface area contributed by atoms with Gasteiger partial charge in [-0.2, -0.15) is 0 Å². The number of fused-ring (bicyclic) bond motifs is 2. The fraction of sp³-hybridized carbons (Fsp3) is 0.536. The van der Waals surface area contributed by atoms with Gasteiger partial charge in [0, 0.05) is 10.9 Å². The van der Waals surface area contributed by atoms with Crippen molar-refractivity contribution in [3.05, 3.63) is 54.6 Å². The number of benzene rings is 2. The molecule has 0 amide bonds. The highest BCUT2D eigenvalue weighted by atomic mass is 32.2. The predicted molar refractivity (Wildman–Crippen MR) is 140 cm³/mol. The van der Waals surface area contributed by atoms with Crippen molar-refractivity contribution in [3.8, 4) is 11.1 Å². The van der Waals surface area contributed by atoms with Gasteiger partial charge in [-0.1, -0.05) is 70.2 Å². The molecule has 0 heterocycles. The number of aldehydes is 1. The maximum Gasteiger partial charge on any atom is 0.134 e. The molecular weight excluding hydrogens is 412 g/mol. The number of hydrogen-bond acceptors (Lipinski definition) is 4. The minimum Gasteiger partial charge on any atom is -0.316 e. The van der Waals surface area contributed by atoms with Gasteiger partial charge in [-0.05, 0) is 91.6 Å². The van der Waals surface area contributed by atoms with E-state index in [1.54, 1.807) is 0 Å². The highest BCUT2D eigenvalue weighted by molar-refractivity contribution is 7.97. The van der Waals surface area contributed by atoms with Gasteiger partial charge in [0.1, 0.15) is 6.29 Å². The first-order valence-electron chi connectivity index (χ1n) is 12.3. The van der Waals surface area contributed by atoms with Crippen molar-refractivity contribution in [3.63, 3.8) is 0 Å². The van der Waals surface area contributed by atoms with Crippen LogP contribution in [0.3, 0.4) is 0 Å². The van der Waals surface area contributed by atoms with Crippen LogP contribution in [-0.2, 0) is 4.79 Å². The Labute approximate surface area is 200 Å². The molecule has 2 fully saturated rings. The van der Waals surface area contributed by atoms with E-state index in [0.29, 0.717) is 6.54 Å². The summed E-state index contributed by atoms with van der Waals surface area (Å²) in [5.41, 5.74) is 2.41. The lowest BCUT2D eigenvalue weighted by Crippen LogP contribution is -2.47. The van der Waals surface area contributed by atoms with Crippen LogP contribution in [-0.4, -0.2) is 25.9 Å². The van der Waals surface area contributed by atoms with E-state index in [-0.39, 0.29) is 0 Å². The summed E-state index contributed by atoms with van der Waals surface area (Å²) < 4.78 is 2.96. The van der Waals surface area contributed by atoms with Crippen molar-refractivity contribution in [1.82, 2.24) is 10.0 Å². The number of carbonyl (C=O) groups excluding carboxylic acids is 1. The van der Waals surface area contributed by atoms with E-state index >= 15 is 0 Å². The van der Waals surface area contributed by atoms with E-state index in [1.165, 1.54) is 48.8 Å². The third kappa shape index (κ3) is 8.06. The first-order valence-corrected chi connectivity index (χ1v) is 13.1. The van der Waals surface area contributed by atoms with Crippen molar-refractivity contribution in [1.29, 1.82) is 0 Å². The normalized spacial score (nSPS) is 26.1. The molecule has 2 aliphatic rings. The second-order valence-corrected chi connectivity index (χ2v) is 9.94. The smallest absolute Gasteiger partial charge is 0.134 e. The van der Waals surface area contributed by atoms with Crippen LogP contribution >= 0.6 is 11.9 Å². The summed E-state index contributed by atoms with van der Waals surface area (Å²) in [7, 11) is 2.14. The first-order chi connectivity index (χ1) is 15.6. The van der Waals surface area contributed by atoms with Crippen molar-refractivity contribution in [2.24, 2.45) is 23.7 Å². The molecule has 0 aromatic heterocycles. The van der Waals surface area contributed by atoms with Crippen molar-refractivity contribution >= 4 is 18.2 Å². The lowest BCUT2D eigenvalue weighted by molar-refractivity contribution is -0.106. The molecule has 5 unspecified atom stereocenters. The van der Waals surface area contributed by atoms with Crippen LogP contribution in [0.2, 0.25) is 0 Å². The molecule has 5 atom stereocenters. The minimum absolute atomic E-state index is 0.366. The molecule has 2 aromatic carbocycles. The molecule has 0 spiro atoms. The molecule has 2 aliphatic carbocycles. The van der Waals surface area contributed by atoms with Crippen LogP contribution in [0.1, 0.15) is 53.4 Å². The Morgan fingerprint density at radius 1 is 0.906 bits per heavy atom. The molecule has 2 N–H and O–H groups in total. The van der Waals surface area contributed by atoms with Gasteiger partial charge in [0.15, 0.2) is 0 Å². The molecule has 0 saturated heterocycles. The van der Waals surface area contributed by atoms with Gasteiger partial charge >= 0.3 is 0 Å². The largest absolute Gasteiger partial charge is 0.316 e. The minimum atomic E-state index is 0.366. The monoisotopic (exact) mass is 454 g/mol. The SMILES string of the molecule is CC.CNC1C(C)CC2CC(C)CC1C2.O=CCNSc1ccc(-c2ccccc2)cc1. The fourth-order valence-corrected chi connectivity index (χ4v) is 6.04. The first kappa shape index (κ1) is 26.6. The quantitative estimate of drug-likeness (QED) is 0.285. The number of nitrogens with one attached hydrogen (secondary N) is 2. The second-order valence-electron chi connectivity index (χ2n) is 8.97. The summed E-state index contributed by atoms with van der Waals surface area (Å²) in [5.74, 6) is 3.91. The molecule has 4 rings (SSSR count). The van der Waals surface area contributed by atoms with Gasteiger partial charge < -0.3 is 10.1 Å². The Hall–Kier alpha value is -1.62. The number of carbonyl (C=O) groups is 1. The Balaban J connectivity index is 0.000000217. The van der Waals surface area contributed by atoms with Gasteiger partial charge in [-0.15, -0.1) is 0 Å². The molecule has 4 heteroatoms. The summed E-state index contributed by atoms with van der Waals surface area (Å²) >= 11 is 1.47. The number of hydrogen-bond donors (Lipinski definition) is 2.